The minimum atomic E-state index is -1.30. The number of aliphatic hydroxyl groups excluding tert-OH is 3. The molecular weight excluding hydrogens is 301 g/mol. The number of H-pyrrole nitrogens is 1. The van der Waals surface area contributed by atoms with E-state index in [1.807, 2.05) is 0 Å². The number of aryl methyl sites for hydroxylation is 1. The predicted octanol–water partition coefficient (Wildman–Crippen LogP) is 0.153. The van der Waals surface area contributed by atoms with Gasteiger partial charge in [-0.05, 0) is 19.1 Å². The first kappa shape index (κ1) is 14.5. The van der Waals surface area contributed by atoms with Gasteiger partial charge in [-0.25, -0.2) is 9.37 Å². The van der Waals surface area contributed by atoms with Crippen LogP contribution in [0.15, 0.2) is 6.20 Å². The molecule has 2 aromatic rings. The van der Waals surface area contributed by atoms with Crippen molar-refractivity contribution >= 4 is 23.3 Å². The number of rotatable bonds is 2. The van der Waals surface area contributed by atoms with Gasteiger partial charge in [0.15, 0.2) is 12.0 Å². The molecule has 9 heteroatoms. The Balaban J connectivity index is 2.10. The van der Waals surface area contributed by atoms with Crippen LogP contribution in [0.3, 0.4) is 0 Å². The SMILES string of the molecule is Cc1[nH]c2nc(=S)n([C@@H]3O[C@H](CO)C(O)[C@@H]3O)cc2c1F. The van der Waals surface area contributed by atoms with Crippen molar-refractivity contribution < 1.29 is 24.4 Å². The zero-order chi connectivity index (χ0) is 15.3. The fourth-order valence-electron chi connectivity index (χ4n) is 2.45. The molecule has 114 valence electrons. The van der Waals surface area contributed by atoms with Gasteiger partial charge in [-0.1, -0.05) is 0 Å². The lowest BCUT2D eigenvalue weighted by Gasteiger charge is -2.18. The van der Waals surface area contributed by atoms with Crippen LogP contribution >= 0.6 is 12.2 Å². The zero-order valence-corrected chi connectivity index (χ0v) is 11.8. The van der Waals surface area contributed by atoms with E-state index in [2.05, 4.69) is 9.97 Å². The van der Waals surface area contributed by atoms with Gasteiger partial charge in [0.05, 0.1) is 17.7 Å². The van der Waals surface area contributed by atoms with E-state index in [-0.39, 0.29) is 10.2 Å². The van der Waals surface area contributed by atoms with Crippen LogP contribution in [0.2, 0.25) is 0 Å². The van der Waals surface area contributed by atoms with E-state index in [9.17, 15) is 14.6 Å². The Bertz CT molecular complexity index is 746. The van der Waals surface area contributed by atoms with Crippen molar-refractivity contribution in [2.24, 2.45) is 0 Å². The molecule has 1 aliphatic rings. The molecular formula is C12H14FN3O4S. The molecule has 0 amide bonds. The number of aliphatic hydroxyl groups is 3. The van der Waals surface area contributed by atoms with Gasteiger partial charge in [-0.3, -0.25) is 4.57 Å². The van der Waals surface area contributed by atoms with E-state index < -0.39 is 37.0 Å². The maximum Gasteiger partial charge on any atom is 0.203 e. The highest BCUT2D eigenvalue weighted by atomic mass is 32.1. The maximum absolute atomic E-state index is 14.0. The number of aromatic amines is 1. The van der Waals surface area contributed by atoms with Gasteiger partial charge in [0, 0.05) is 6.20 Å². The van der Waals surface area contributed by atoms with E-state index in [0.29, 0.717) is 11.3 Å². The fourth-order valence-corrected chi connectivity index (χ4v) is 2.70. The van der Waals surface area contributed by atoms with Crippen LogP contribution < -0.4 is 0 Å². The molecule has 0 aromatic carbocycles. The Kier molecular flexibility index (Phi) is 3.54. The molecule has 21 heavy (non-hydrogen) atoms. The fraction of sp³-hybridized carbons (Fsp3) is 0.500. The van der Waals surface area contributed by atoms with Crippen molar-refractivity contribution in [1.29, 1.82) is 0 Å². The van der Waals surface area contributed by atoms with Gasteiger partial charge >= 0.3 is 0 Å². The van der Waals surface area contributed by atoms with Gasteiger partial charge in [0.2, 0.25) is 4.77 Å². The number of hydrogen-bond acceptors (Lipinski definition) is 6. The third-order valence-corrected chi connectivity index (χ3v) is 3.92. The van der Waals surface area contributed by atoms with Crippen LogP contribution in [-0.2, 0) is 4.74 Å². The van der Waals surface area contributed by atoms with Crippen molar-refractivity contribution in [3.05, 3.63) is 22.5 Å². The predicted molar refractivity (Wildman–Crippen MR) is 72.6 cm³/mol. The molecule has 1 unspecified atom stereocenters. The molecule has 3 rings (SSSR count). The smallest absolute Gasteiger partial charge is 0.203 e. The van der Waals surface area contributed by atoms with Crippen LogP contribution in [0.4, 0.5) is 4.39 Å². The number of aromatic nitrogens is 3. The van der Waals surface area contributed by atoms with Gasteiger partial charge in [-0.15, -0.1) is 0 Å². The summed E-state index contributed by atoms with van der Waals surface area (Å²) >= 11 is 5.11. The number of nitrogens with one attached hydrogen (secondary N) is 1. The molecule has 2 aromatic heterocycles. The number of fused-ring (bicyclic) bond motifs is 1. The molecule has 1 aliphatic heterocycles. The molecule has 4 atom stereocenters. The largest absolute Gasteiger partial charge is 0.394 e. The lowest BCUT2D eigenvalue weighted by molar-refractivity contribution is -0.0538. The van der Waals surface area contributed by atoms with E-state index in [0.717, 1.165) is 0 Å². The summed E-state index contributed by atoms with van der Waals surface area (Å²) in [6.07, 6.45) is -3.13. The third kappa shape index (κ3) is 2.17. The zero-order valence-electron chi connectivity index (χ0n) is 11.0. The molecule has 0 radical (unpaired) electrons. The number of nitrogens with zero attached hydrogens (tertiary/aromatic N) is 2. The van der Waals surface area contributed by atoms with Crippen LogP contribution in [0.5, 0.6) is 0 Å². The van der Waals surface area contributed by atoms with Crippen LogP contribution in [0.25, 0.3) is 11.0 Å². The minimum Gasteiger partial charge on any atom is -0.394 e. The molecule has 0 bridgehead atoms. The summed E-state index contributed by atoms with van der Waals surface area (Å²) in [7, 11) is 0. The van der Waals surface area contributed by atoms with Crippen molar-refractivity contribution in [1.82, 2.24) is 14.5 Å². The van der Waals surface area contributed by atoms with Gasteiger partial charge in [0.1, 0.15) is 24.0 Å². The monoisotopic (exact) mass is 315 g/mol. The summed E-state index contributed by atoms with van der Waals surface area (Å²) < 4.78 is 20.7. The Hall–Kier alpha value is -1.39. The Labute approximate surface area is 123 Å². The maximum atomic E-state index is 14.0. The second kappa shape index (κ2) is 5.11. The quantitative estimate of drug-likeness (QED) is 0.588. The summed E-state index contributed by atoms with van der Waals surface area (Å²) in [5.41, 5.74) is 0.629. The first-order valence-electron chi connectivity index (χ1n) is 6.33. The Morgan fingerprint density at radius 2 is 2.19 bits per heavy atom. The summed E-state index contributed by atoms with van der Waals surface area (Å²) in [5, 5.41) is 29.1. The third-order valence-electron chi connectivity index (χ3n) is 3.61. The minimum absolute atomic E-state index is 0.0681. The van der Waals surface area contributed by atoms with Gasteiger partial charge < -0.3 is 25.0 Å². The molecule has 3 heterocycles. The average molecular weight is 315 g/mol. The van der Waals surface area contributed by atoms with E-state index >= 15 is 0 Å². The van der Waals surface area contributed by atoms with Crippen LogP contribution in [-0.4, -0.2) is 54.8 Å². The summed E-state index contributed by atoms with van der Waals surface area (Å²) in [6, 6.07) is 0. The van der Waals surface area contributed by atoms with E-state index in [4.69, 9.17) is 22.1 Å². The molecule has 1 fully saturated rings. The summed E-state index contributed by atoms with van der Waals surface area (Å²) in [6.45, 7) is 1.12. The lowest BCUT2D eigenvalue weighted by Crippen LogP contribution is -2.33. The van der Waals surface area contributed by atoms with E-state index in [1.54, 1.807) is 6.92 Å². The van der Waals surface area contributed by atoms with E-state index in [1.165, 1.54) is 10.8 Å². The van der Waals surface area contributed by atoms with Crippen LogP contribution in [0.1, 0.15) is 11.9 Å². The summed E-state index contributed by atoms with van der Waals surface area (Å²) in [4.78, 5) is 6.83. The molecule has 0 saturated carbocycles. The first-order chi connectivity index (χ1) is 9.93. The number of ether oxygens (including phenoxy) is 1. The van der Waals surface area contributed by atoms with Crippen molar-refractivity contribution in [3.63, 3.8) is 0 Å². The highest BCUT2D eigenvalue weighted by Crippen LogP contribution is 2.30. The average Bonchev–Trinajstić information content (AvgIpc) is 2.88. The number of halogens is 1. The Morgan fingerprint density at radius 3 is 2.81 bits per heavy atom. The Morgan fingerprint density at radius 1 is 1.48 bits per heavy atom. The van der Waals surface area contributed by atoms with Crippen LogP contribution in [0, 0.1) is 17.5 Å². The second-order valence-electron chi connectivity index (χ2n) is 4.99. The van der Waals surface area contributed by atoms with Gasteiger partial charge in [0.25, 0.3) is 0 Å². The highest BCUT2D eigenvalue weighted by Gasteiger charge is 2.43. The second-order valence-corrected chi connectivity index (χ2v) is 5.35. The van der Waals surface area contributed by atoms with Crippen molar-refractivity contribution in [3.8, 4) is 0 Å². The molecule has 7 nitrogen and oxygen atoms in total. The molecule has 4 N–H and O–H groups in total. The van der Waals surface area contributed by atoms with Gasteiger partial charge in [-0.2, -0.15) is 0 Å². The topological polar surface area (TPSA) is 104 Å². The summed E-state index contributed by atoms with van der Waals surface area (Å²) in [5.74, 6) is -0.465. The van der Waals surface area contributed by atoms with Crippen molar-refractivity contribution in [2.75, 3.05) is 6.61 Å². The standard InChI is InChI=1S/C12H14FN3O4S/c1-4-7(13)5-2-16(12(21)15-10(5)14-4)11-9(19)8(18)6(3-17)20-11/h2,6,8-9,11,17-19H,3H2,1H3,(H,14,15,21)/t6-,8?,9+,11-/m1/s1. The van der Waals surface area contributed by atoms with Crippen molar-refractivity contribution in [2.45, 2.75) is 31.5 Å². The molecule has 0 aliphatic carbocycles. The first-order valence-corrected chi connectivity index (χ1v) is 6.74. The normalized spacial score (nSPS) is 29.4. The number of hydrogen-bond donors (Lipinski definition) is 4. The molecule has 0 spiro atoms. The lowest BCUT2D eigenvalue weighted by atomic mass is 10.1. The molecule has 1 saturated heterocycles. The highest BCUT2D eigenvalue weighted by molar-refractivity contribution is 7.71.